The normalized spacial score (nSPS) is 17.2. The fourth-order valence-corrected chi connectivity index (χ4v) is 4.23. The standard InChI is InChI=1S/C25H29N3O2/c1-18-6-8-20(9-7-18)25-22(28-15-12-19(2)17-23(28)26-25)10-11-24(30)27-14-4-3-5-21(27)13-16-29/h6-12,15,17,21,29H,3-5,13-14,16H2,1-2H3/b11-10+. The first-order valence-corrected chi connectivity index (χ1v) is 10.7. The van der Waals surface area contributed by atoms with Crippen molar-refractivity contribution in [3.05, 3.63) is 65.5 Å². The number of piperidine rings is 1. The predicted molar refractivity (Wildman–Crippen MR) is 120 cm³/mol. The van der Waals surface area contributed by atoms with Gasteiger partial charge in [-0.1, -0.05) is 29.8 Å². The van der Waals surface area contributed by atoms with Crippen LogP contribution in [0, 0.1) is 13.8 Å². The van der Waals surface area contributed by atoms with Gasteiger partial charge in [0.25, 0.3) is 0 Å². The number of hydrogen-bond donors (Lipinski definition) is 1. The van der Waals surface area contributed by atoms with E-state index < -0.39 is 0 Å². The van der Waals surface area contributed by atoms with Gasteiger partial charge < -0.3 is 10.0 Å². The Morgan fingerprint density at radius 3 is 2.73 bits per heavy atom. The zero-order chi connectivity index (χ0) is 21.1. The van der Waals surface area contributed by atoms with Crippen LogP contribution in [0.1, 0.15) is 42.5 Å². The van der Waals surface area contributed by atoms with Crippen LogP contribution in [0.3, 0.4) is 0 Å². The Balaban J connectivity index is 1.71. The zero-order valence-corrected chi connectivity index (χ0v) is 17.7. The number of aromatic nitrogens is 2. The molecular formula is C25H29N3O2. The van der Waals surface area contributed by atoms with Crippen molar-refractivity contribution in [3.8, 4) is 11.3 Å². The van der Waals surface area contributed by atoms with Crippen molar-refractivity contribution < 1.29 is 9.90 Å². The molecule has 30 heavy (non-hydrogen) atoms. The molecule has 2 aromatic heterocycles. The lowest BCUT2D eigenvalue weighted by molar-refractivity contribution is -0.129. The second-order valence-corrected chi connectivity index (χ2v) is 8.17. The number of rotatable bonds is 5. The summed E-state index contributed by atoms with van der Waals surface area (Å²) >= 11 is 0. The van der Waals surface area contributed by atoms with Gasteiger partial charge in [-0.2, -0.15) is 0 Å². The highest BCUT2D eigenvalue weighted by Gasteiger charge is 2.25. The molecule has 5 heteroatoms. The maximum atomic E-state index is 13.0. The van der Waals surface area contributed by atoms with Crippen molar-refractivity contribution in [3.63, 3.8) is 0 Å². The van der Waals surface area contributed by atoms with Gasteiger partial charge in [0, 0.05) is 37.0 Å². The number of aryl methyl sites for hydroxylation is 2. The summed E-state index contributed by atoms with van der Waals surface area (Å²) in [7, 11) is 0. The minimum absolute atomic E-state index is 0.00469. The second kappa shape index (κ2) is 8.84. The summed E-state index contributed by atoms with van der Waals surface area (Å²) in [6.45, 7) is 4.99. The molecule has 0 bridgehead atoms. The average Bonchev–Trinajstić information content (AvgIpc) is 3.10. The Bertz CT molecular complexity index is 1060. The third-order valence-electron chi connectivity index (χ3n) is 5.90. The predicted octanol–water partition coefficient (Wildman–Crippen LogP) is 4.39. The summed E-state index contributed by atoms with van der Waals surface area (Å²) < 4.78 is 2.04. The van der Waals surface area contributed by atoms with Crippen LogP contribution in [-0.2, 0) is 4.79 Å². The number of nitrogens with zero attached hydrogens (tertiary/aromatic N) is 3. The van der Waals surface area contributed by atoms with E-state index in [1.54, 1.807) is 6.08 Å². The van der Waals surface area contributed by atoms with E-state index in [4.69, 9.17) is 4.98 Å². The highest BCUT2D eigenvalue weighted by molar-refractivity contribution is 5.93. The fourth-order valence-electron chi connectivity index (χ4n) is 4.23. The first kappa shape index (κ1) is 20.4. The van der Waals surface area contributed by atoms with Crippen LogP contribution in [0.4, 0.5) is 0 Å². The lowest BCUT2D eigenvalue weighted by Gasteiger charge is -2.34. The van der Waals surface area contributed by atoms with Crippen LogP contribution in [0.2, 0.25) is 0 Å². The number of pyridine rings is 1. The topological polar surface area (TPSA) is 57.8 Å². The highest BCUT2D eigenvalue weighted by atomic mass is 16.3. The number of carbonyl (C=O) groups is 1. The summed E-state index contributed by atoms with van der Waals surface area (Å²) in [5, 5.41) is 9.35. The third-order valence-corrected chi connectivity index (χ3v) is 5.90. The Kier molecular flexibility index (Phi) is 6.00. The minimum atomic E-state index is 0.00469. The average molecular weight is 404 g/mol. The molecule has 1 aliphatic heterocycles. The Hall–Kier alpha value is -2.92. The summed E-state index contributed by atoms with van der Waals surface area (Å²) in [6, 6.07) is 12.5. The molecule has 3 aromatic rings. The van der Waals surface area contributed by atoms with Crippen molar-refractivity contribution in [2.45, 2.75) is 45.6 Å². The summed E-state index contributed by atoms with van der Waals surface area (Å²) in [5.74, 6) is 0.00469. The highest BCUT2D eigenvalue weighted by Crippen LogP contribution is 2.27. The van der Waals surface area contributed by atoms with E-state index in [9.17, 15) is 9.90 Å². The van der Waals surface area contributed by atoms with E-state index in [1.165, 1.54) is 5.56 Å². The Morgan fingerprint density at radius 1 is 1.17 bits per heavy atom. The van der Waals surface area contributed by atoms with E-state index >= 15 is 0 Å². The fraction of sp³-hybridized carbons (Fsp3) is 0.360. The van der Waals surface area contributed by atoms with E-state index in [1.807, 2.05) is 21.6 Å². The van der Waals surface area contributed by atoms with Gasteiger partial charge in [0.15, 0.2) is 0 Å². The van der Waals surface area contributed by atoms with Crippen LogP contribution in [0.25, 0.3) is 23.0 Å². The van der Waals surface area contributed by atoms with Gasteiger partial charge in [0.1, 0.15) is 5.65 Å². The number of benzene rings is 1. The van der Waals surface area contributed by atoms with Crippen LogP contribution in [-0.4, -0.2) is 44.5 Å². The molecule has 1 aromatic carbocycles. The maximum absolute atomic E-state index is 13.0. The molecule has 0 saturated carbocycles. The second-order valence-electron chi connectivity index (χ2n) is 8.17. The molecule has 4 rings (SSSR count). The SMILES string of the molecule is Cc1ccc(-c2nc3cc(C)ccn3c2/C=C/C(=O)N2CCCCC2CCO)cc1. The number of likely N-dealkylation sites (tertiary alicyclic amines) is 1. The first-order chi connectivity index (χ1) is 14.6. The molecule has 1 atom stereocenters. The molecule has 5 nitrogen and oxygen atoms in total. The van der Waals surface area contributed by atoms with Crippen molar-refractivity contribution in [2.75, 3.05) is 13.2 Å². The molecule has 0 aliphatic carbocycles. The Labute approximate surface area is 177 Å². The monoisotopic (exact) mass is 403 g/mol. The molecule has 1 saturated heterocycles. The van der Waals surface area contributed by atoms with Crippen molar-refractivity contribution in [1.29, 1.82) is 0 Å². The van der Waals surface area contributed by atoms with Crippen molar-refractivity contribution in [1.82, 2.24) is 14.3 Å². The van der Waals surface area contributed by atoms with Crippen LogP contribution < -0.4 is 0 Å². The van der Waals surface area contributed by atoms with E-state index in [0.717, 1.165) is 54.0 Å². The van der Waals surface area contributed by atoms with Crippen molar-refractivity contribution in [2.24, 2.45) is 0 Å². The number of carbonyl (C=O) groups excluding carboxylic acids is 1. The minimum Gasteiger partial charge on any atom is -0.396 e. The van der Waals surface area contributed by atoms with Crippen LogP contribution in [0.5, 0.6) is 0 Å². The molecule has 1 aliphatic rings. The molecule has 1 unspecified atom stereocenters. The van der Waals surface area contributed by atoms with Crippen LogP contribution in [0.15, 0.2) is 48.7 Å². The zero-order valence-electron chi connectivity index (χ0n) is 17.7. The van der Waals surface area contributed by atoms with Gasteiger partial charge in [0.2, 0.25) is 5.91 Å². The number of amides is 1. The van der Waals surface area contributed by atoms with Gasteiger partial charge in [0.05, 0.1) is 11.4 Å². The molecule has 0 radical (unpaired) electrons. The molecule has 3 heterocycles. The molecule has 1 N–H and O–H groups in total. The molecule has 0 spiro atoms. The number of imidazole rings is 1. The largest absolute Gasteiger partial charge is 0.396 e. The third kappa shape index (κ3) is 4.17. The van der Waals surface area contributed by atoms with Gasteiger partial charge >= 0.3 is 0 Å². The van der Waals surface area contributed by atoms with Gasteiger partial charge in [-0.15, -0.1) is 0 Å². The summed E-state index contributed by atoms with van der Waals surface area (Å²) in [4.78, 5) is 19.8. The number of fused-ring (bicyclic) bond motifs is 1. The molecular weight excluding hydrogens is 374 g/mol. The van der Waals surface area contributed by atoms with E-state index in [0.29, 0.717) is 6.42 Å². The smallest absolute Gasteiger partial charge is 0.246 e. The number of hydrogen-bond acceptors (Lipinski definition) is 3. The van der Waals surface area contributed by atoms with Gasteiger partial charge in [-0.05, 0) is 63.3 Å². The van der Waals surface area contributed by atoms with Crippen molar-refractivity contribution >= 4 is 17.6 Å². The number of aliphatic hydroxyl groups excluding tert-OH is 1. The van der Waals surface area contributed by atoms with Gasteiger partial charge in [-0.3, -0.25) is 9.20 Å². The first-order valence-electron chi connectivity index (χ1n) is 10.7. The lowest BCUT2D eigenvalue weighted by atomic mass is 9.99. The number of aliphatic hydroxyl groups is 1. The summed E-state index contributed by atoms with van der Waals surface area (Å²) in [5.41, 5.74) is 6.02. The quantitative estimate of drug-likeness (QED) is 0.643. The Morgan fingerprint density at radius 2 is 1.97 bits per heavy atom. The van der Waals surface area contributed by atoms with Crippen LogP contribution >= 0.6 is 0 Å². The molecule has 1 fully saturated rings. The lowest BCUT2D eigenvalue weighted by Crippen LogP contribution is -2.43. The maximum Gasteiger partial charge on any atom is 0.246 e. The van der Waals surface area contributed by atoms with E-state index in [2.05, 4.69) is 50.2 Å². The van der Waals surface area contributed by atoms with E-state index in [-0.39, 0.29) is 18.6 Å². The molecule has 1 amide bonds. The summed E-state index contributed by atoms with van der Waals surface area (Å²) in [6.07, 6.45) is 9.29. The molecule has 156 valence electrons. The van der Waals surface area contributed by atoms with Gasteiger partial charge in [-0.25, -0.2) is 4.98 Å².